The van der Waals surface area contributed by atoms with Crippen LogP contribution in [-0.2, 0) is 0 Å². The van der Waals surface area contributed by atoms with Gasteiger partial charge >= 0.3 is 0 Å². The normalized spacial score (nSPS) is 11.1. The number of ether oxygens (including phenoxy) is 1. The second-order valence-corrected chi connectivity index (χ2v) is 10.3. The van der Waals surface area contributed by atoms with Crippen LogP contribution in [0.15, 0.2) is 75.6 Å². The Morgan fingerprint density at radius 2 is 1.82 bits per heavy atom. The highest BCUT2D eigenvalue weighted by Gasteiger charge is 2.17. The Labute approximate surface area is 240 Å². The summed E-state index contributed by atoms with van der Waals surface area (Å²) in [4.78, 5) is 17.5. The Bertz CT molecular complexity index is 1710. The number of anilines is 1. The van der Waals surface area contributed by atoms with E-state index in [1.165, 1.54) is 11.6 Å². The van der Waals surface area contributed by atoms with Gasteiger partial charge in [0.15, 0.2) is 16.5 Å². The van der Waals surface area contributed by atoms with Gasteiger partial charge in [0.1, 0.15) is 17.0 Å². The number of carbonyl (C=O) groups excluding carboxylic acids is 1. The lowest BCUT2D eigenvalue weighted by Crippen LogP contribution is -2.34. The number of methoxy groups -OCH3 is 1. The number of carbonyl (C=O) groups is 1. The third-order valence-corrected chi connectivity index (χ3v) is 6.79. The van der Waals surface area contributed by atoms with Gasteiger partial charge in [-0.25, -0.2) is 4.98 Å². The van der Waals surface area contributed by atoms with Gasteiger partial charge in [-0.15, -0.1) is 0 Å². The van der Waals surface area contributed by atoms with E-state index >= 15 is 0 Å². The summed E-state index contributed by atoms with van der Waals surface area (Å²) in [5, 5.41) is 6.62. The molecule has 3 aromatic carbocycles. The first-order valence-corrected chi connectivity index (χ1v) is 13.1. The van der Waals surface area contributed by atoms with Gasteiger partial charge < -0.3 is 18.9 Å². The highest BCUT2D eigenvalue weighted by Crippen LogP contribution is 2.34. The summed E-state index contributed by atoms with van der Waals surface area (Å²) >= 11 is 17.7. The Kier molecular flexibility index (Phi) is 7.61. The summed E-state index contributed by atoms with van der Waals surface area (Å²) in [6.45, 7) is 4.26. The number of amides is 1. The van der Waals surface area contributed by atoms with E-state index in [1.54, 1.807) is 43.5 Å². The molecule has 0 radical (unpaired) electrons. The molecular formula is C29H23Cl2N3O4S. The number of nitrogens with zero attached hydrogens (tertiary/aromatic N) is 1. The van der Waals surface area contributed by atoms with Crippen LogP contribution in [0.4, 0.5) is 5.69 Å². The molecular weight excluding hydrogens is 557 g/mol. The summed E-state index contributed by atoms with van der Waals surface area (Å²) in [5.74, 6) is 1.27. The third kappa shape index (κ3) is 5.78. The first kappa shape index (κ1) is 26.7. The molecule has 39 heavy (non-hydrogen) atoms. The summed E-state index contributed by atoms with van der Waals surface area (Å²) < 4.78 is 17.2. The molecule has 0 atom stereocenters. The molecule has 2 heterocycles. The van der Waals surface area contributed by atoms with Gasteiger partial charge in [0.2, 0.25) is 5.89 Å². The number of benzene rings is 3. The molecule has 1 amide bonds. The largest absolute Gasteiger partial charge is 0.495 e. The zero-order valence-corrected chi connectivity index (χ0v) is 23.5. The van der Waals surface area contributed by atoms with Crippen LogP contribution in [0.5, 0.6) is 5.75 Å². The van der Waals surface area contributed by atoms with Crippen LogP contribution in [0, 0.1) is 0 Å². The standard InChI is InChI=1S/C29H23Cl2N3O4S/c1-15(2)16-4-9-25-22(12-16)32-28(38-25)17-5-8-24(36-3)21(13-17)33-29(39)34-27(35)26-11-10-23(37-26)19-14-18(30)6-7-20(19)31/h4-15H,1-3H3,(H2,33,34,35,39). The third-order valence-electron chi connectivity index (χ3n) is 6.02. The summed E-state index contributed by atoms with van der Waals surface area (Å²) in [7, 11) is 1.54. The number of thiocarbonyl (C=S) groups is 1. The van der Waals surface area contributed by atoms with Crippen molar-refractivity contribution < 1.29 is 18.4 Å². The minimum atomic E-state index is -0.535. The Morgan fingerprint density at radius 3 is 2.59 bits per heavy atom. The monoisotopic (exact) mass is 579 g/mol. The molecule has 0 saturated heterocycles. The van der Waals surface area contributed by atoms with Crippen LogP contribution < -0.4 is 15.4 Å². The number of furan rings is 1. The minimum absolute atomic E-state index is 0.0494. The molecule has 2 aromatic heterocycles. The van der Waals surface area contributed by atoms with Gasteiger partial charge in [-0.1, -0.05) is 43.1 Å². The van der Waals surface area contributed by atoms with Crippen LogP contribution in [0.25, 0.3) is 33.9 Å². The molecule has 0 fully saturated rings. The Hall–Kier alpha value is -3.85. The van der Waals surface area contributed by atoms with Crippen molar-refractivity contribution in [3.63, 3.8) is 0 Å². The van der Waals surface area contributed by atoms with E-state index in [9.17, 15) is 4.79 Å². The topological polar surface area (TPSA) is 89.5 Å². The first-order valence-electron chi connectivity index (χ1n) is 12.0. The molecule has 0 aliphatic heterocycles. The molecule has 0 aliphatic rings. The molecule has 2 N–H and O–H groups in total. The molecule has 0 aliphatic carbocycles. The number of hydrogen-bond acceptors (Lipinski definition) is 6. The van der Waals surface area contributed by atoms with E-state index in [0.717, 1.165) is 5.52 Å². The predicted molar refractivity (Wildman–Crippen MR) is 158 cm³/mol. The molecule has 198 valence electrons. The van der Waals surface area contributed by atoms with Crippen LogP contribution in [0.2, 0.25) is 10.0 Å². The lowest BCUT2D eigenvalue weighted by atomic mass is 10.0. The summed E-state index contributed by atoms with van der Waals surface area (Å²) in [5.41, 5.74) is 4.46. The minimum Gasteiger partial charge on any atom is -0.495 e. The van der Waals surface area contributed by atoms with Crippen LogP contribution in [0.3, 0.4) is 0 Å². The van der Waals surface area contributed by atoms with Gasteiger partial charge in [0.25, 0.3) is 5.91 Å². The van der Waals surface area contributed by atoms with Crippen LogP contribution in [0.1, 0.15) is 35.9 Å². The molecule has 0 unspecified atom stereocenters. The van der Waals surface area contributed by atoms with E-state index in [0.29, 0.717) is 55.8 Å². The van der Waals surface area contributed by atoms with E-state index in [2.05, 4.69) is 29.5 Å². The SMILES string of the molecule is COc1ccc(-c2nc3cc(C(C)C)ccc3o2)cc1NC(=S)NC(=O)c1ccc(-c2cc(Cl)ccc2Cl)o1. The van der Waals surface area contributed by atoms with Gasteiger partial charge in [0, 0.05) is 16.1 Å². The zero-order chi connectivity index (χ0) is 27.7. The molecule has 5 aromatic rings. The Balaban J connectivity index is 1.33. The number of aromatic nitrogens is 1. The second-order valence-electron chi connectivity index (χ2n) is 9.01. The maximum absolute atomic E-state index is 12.8. The molecule has 0 saturated carbocycles. The average Bonchev–Trinajstić information content (AvgIpc) is 3.57. The van der Waals surface area contributed by atoms with Gasteiger partial charge in [-0.05, 0) is 84.4 Å². The van der Waals surface area contributed by atoms with Crippen molar-refractivity contribution in [3.8, 4) is 28.5 Å². The highest BCUT2D eigenvalue weighted by atomic mass is 35.5. The van der Waals surface area contributed by atoms with Crippen molar-refractivity contribution in [1.29, 1.82) is 0 Å². The number of nitrogens with one attached hydrogen (secondary N) is 2. The maximum atomic E-state index is 12.8. The van der Waals surface area contributed by atoms with Gasteiger partial charge in [-0.3, -0.25) is 10.1 Å². The molecule has 10 heteroatoms. The molecule has 0 spiro atoms. The van der Waals surface area contributed by atoms with Gasteiger partial charge in [-0.2, -0.15) is 0 Å². The van der Waals surface area contributed by atoms with Crippen molar-refractivity contribution in [1.82, 2.24) is 10.3 Å². The van der Waals surface area contributed by atoms with Crippen molar-refractivity contribution in [3.05, 3.63) is 88.1 Å². The number of fused-ring (bicyclic) bond motifs is 1. The fourth-order valence-electron chi connectivity index (χ4n) is 3.98. The van der Waals surface area contributed by atoms with Gasteiger partial charge in [0.05, 0.1) is 17.8 Å². The van der Waals surface area contributed by atoms with Crippen molar-refractivity contribution >= 4 is 63.2 Å². The van der Waals surface area contributed by atoms with E-state index < -0.39 is 5.91 Å². The Morgan fingerprint density at radius 1 is 1.00 bits per heavy atom. The molecule has 7 nitrogen and oxygen atoms in total. The summed E-state index contributed by atoms with van der Waals surface area (Å²) in [6.07, 6.45) is 0. The second kappa shape index (κ2) is 11.1. The predicted octanol–water partition coefficient (Wildman–Crippen LogP) is 8.32. The highest BCUT2D eigenvalue weighted by molar-refractivity contribution is 7.80. The number of rotatable bonds is 6. The van der Waals surface area contributed by atoms with Crippen molar-refractivity contribution in [2.24, 2.45) is 0 Å². The fraction of sp³-hybridized carbons (Fsp3) is 0.138. The van der Waals surface area contributed by atoms with E-state index in [4.69, 9.17) is 49.0 Å². The number of hydrogen-bond donors (Lipinski definition) is 2. The maximum Gasteiger partial charge on any atom is 0.293 e. The number of halogens is 2. The fourth-order valence-corrected chi connectivity index (χ4v) is 4.56. The van der Waals surface area contributed by atoms with Crippen molar-refractivity contribution in [2.45, 2.75) is 19.8 Å². The number of oxazole rings is 1. The summed E-state index contributed by atoms with van der Waals surface area (Å²) in [6, 6.07) is 19.5. The quantitative estimate of drug-likeness (QED) is 0.195. The lowest BCUT2D eigenvalue weighted by molar-refractivity contribution is 0.0951. The smallest absolute Gasteiger partial charge is 0.293 e. The first-order chi connectivity index (χ1) is 18.7. The average molecular weight is 580 g/mol. The zero-order valence-electron chi connectivity index (χ0n) is 21.2. The van der Waals surface area contributed by atoms with E-state index in [-0.39, 0.29) is 10.9 Å². The lowest BCUT2D eigenvalue weighted by Gasteiger charge is -2.13. The van der Waals surface area contributed by atoms with Crippen LogP contribution >= 0.6 is 35.4 Å². The van der Waals surface area contributed by atoms with Crippen molar-refractivity contribution in [2.75, 3.05) is 12.4 Å². The molecule has 5 rings (SSSR count). The van der Waals surface area contributed by atoms with E-state index in [1.807, 2.05) is 24.3 Å². The van der Waals surface area contributed by atoms with Crippen LogP contribution in [-0.4, -0.2) is 23.1 Å². The molecule has 0 bridgehead atoms.